The van der Waals surface area contributed by atoms with Crippen molar-refractivity contribution in [3.05, 3.63) is 109 Å². The van der Waals surface area contributed by atoms with Gasteiger partial charge in [0.15, 0.2) is 17.1 Å². The van der Waals surface area contributed by atoms with Crippen molar-refractivity contribution in [2.75, 3.05) is 5.32 Å². The van der Waals surface area contributed by atoms with Crippen LogP contribution in [0, 0.1) is 0 Å². The van der Waals surface area contributed by atoms with E-state index in [0.29, 0.717) is 29.4 Å². The molecule has 0 spiro atoms. The number of fused-ring (bicyclic) bond motifs is 4. The van der Waals surface area contributed by atoms with Gasteiger partial charge in [-0.1, -0.05) is 72.8 Å². The van der Waals surface area contributed by atoms with Crippen LogP contribution in [-0.2, 0) is 24.2 Å². The maximum absolute atomic E-state index is 13.2. The van der Waals surface area contributed by atoms with Crippen molar-refractivity contribution in [3.8, 4) is 11.6 Å². The van der Waals surface area contributed by atoms with Crippen molar-refractivity contribution >= 4 is 39.3 Å². The molecule has 0 unspecified atom stereocenters. The van der Waals surface area contributed by atoms with Gasteiger partial charge in [-0.25, -0.2) is 4.98 Å². The molecule has 4 heterocycles. The Bertz CT molecular complexity index is 1930. The molecule has 0 saturated carbocycles. The number of furan rings is 1. The molecule has 3 aromatic carbocycles. The highest BCUT2D eigenvalue weighted by Crippen LogP contribution is 2.25. The maximum Gasteiger partial charge on any atom is 0.234 e. The number of amides is 1. The van der Waals surface area contributed by atoms with Gasteiger partial charge < -0.3 is 4.42 Å². The molecule has 0 atom stereocenters. The Labute approximate surface area is 222 Å². The topological polar surface area (TPSA) is 103 Å². The molecule has 0 aliphatic rings. The Morgan fingerprint density at radius 3 is 2.56 bits per heavy atom. The van der Waals surface area contributed by atoms with Crippen LogP contribution in [-0.4, -0.2) is 35.3 Å². The minimum Gasteiger partial charge on any atom is -0.461 e. The number of anilines is 1. The summed E-state index contributed by atoms with van der Waals surface area (Å²) >= 11 is 0. The van der Waals surface area contributed by atoms with Gasteiger partial charge in [-0.2, -0.15) is 14.6 Å². The van der Waals surface area contributed by atoms with E-state index in [1.54, 1.807) is 22.9 Å². The number of aryl methyl sites for hydroxylation is 2. The highest BCUT2D eigenvalue weighted by molar-refractivity contribution is 5.97. The molecule has 0 bridgehead atoms. The fraction of sp³-hybridized carbons (Fsp3) is 0.100. The van der Waals surface area contributed by atoms with Crippen molar-refractivity contribution in [2.24, 2.45) is 0 Å². The number of nitrogens with zero attached hydrogens (tertiary/aromatic N) is 6. The van der Waals surface area contributed by atoms with E-state index in [1.165, 1.54) is 5.56 Å². The number of hydrogen-bond donors (Lipinski definition) is 1. The van der Waals surface area contributed by atoms with Gasteiger partial charge in [-0.15, -0.1) is 5.10 Å². The third-order valence-electron chi connectivity index (χ3n) is 6.70. The van der Waals surface area contributed by atoms with Crippen LogP contribution >= 0.6 is 0 Å². The fourth-order valence-electron chi connectivity index (χ4n) is 4.82. The third-order valence-corrected chi connectivity index (χ3v) is 6.70. The highest BCUT2D eigenvalue weighted by Gasteiger charge is 2.20. The lowest BCUT2D eigenvalue weighted by molar-refractivity contribution is -0.115. The molecule has 0 saturated heterocycles. The number of carbonyl (C=O) groups is 1. The Hall–Kier alpha value is -5.31. The minimum absolute atomic E-state index is 0.188. The van der Waals surface area contributed by atoms with E-state index in [9.17, 15) is 4.79 Å². The Morgan fingerprint density at radius 2 is 1.69 bits per heavy atom. The lowest BCUT2D eigenvalue weighted by atomic mass is 10.0. The summed E-state index contributed by atoms with van der Waals surface area (Å²) in [4.78, 5) is 22.7. The summed E-state index contributed by atoms with van der Waals surface area (Å²) in [5.74, 6) is 0.964. The summed E-state index contributed by atoms with van der Waals surface area (Å²) in [6.45, 7) is 0.675. The monoisotopic (exact) mass is 513 g/mol. The van der Waals surface area contributed by atoms with Gasteiger partial charge in [0.1, 0.15) is 0 Å². The second-order valence-electron chi connectivity index (χ2n) is 9.31. The summed E-state index contributed by atoms with van der Waals surface area (Å²) in [5, 5.41) is 15.1. The van der Waals surface area contributed by atoms with Gasteiger partial charge in [0.2, 0.25) is 17.7 Å². The van der Waals surface area contributed by atoms with Crippen LogP contribution in [0.2, 0.25) is 0 Å². The molecule has 0 aliphatic carbocycles. The molecule has 4 aromatic heterocycles. The molecule has 0 fully saturated rings. The Kier molecular flexibility index (Phi) is 5.59. The largest absolute Gasteiger partial charge is 0.461 e. The summed E-state index contributed by atoms with van der Waals surface area (Å²) in [5.41, 5.74) is 3.18. The number of rotatable bonds is 7. The second-order valence-corrected chi connectivity index (χ2v) is 9.31. The summed E-state index contributed by atoms with van der Waals surface area (Å²) in [6.07, 6.45) is 4.50. The number of aromatic nitrogens is 6. The first kappa shape index (κ1) is 22.9. The van der Waals surface area contributed by atoms with Gasteiger partial charge in [-0.05, 0) is 40.5 Å². The van der Waals surface area contributed by atoms with E-state index < -0.39 is 0 Å². The van der Waals surface area contributed by atoms with Gasteiger partial charge >= 0.3 is 0 Å². The van der Waals surface area contributed by atoms with E-state index >= 15 is 0 Å². The molecule has 39 heavy (non-hydrogen) atoms. The lowest BCUT2D eigenvalue weighted by Crippen LogP contribution is -2.18. The number of benzene rings is 3. The van der Waals surface area contributed by atoms with Crippen LogP contribution in [0.4, 0.5) is 5.95 Å². The SMILES string of the molecule is O=C(Cc1cccc2ccccc12)Nc1nc2nn(CCc3ccccc3)cc2c2nc(-c3ccco3)nn12. The Balaban J connectivity index is 1.25. The molecule has 1 N–H and O–H groups in total. The van der Waals surface area contributed by atoms with Crippen molar-refractivity contribution in [1.29, 1.82) is 0 Å². The van der Waals surface area contributed by atoms with Gasteiger partial charge in [0.05, 0.1) is 18.1 Å². The van der Waals surface area contributed by atoms with E-state index in [1.807, 2.05) is 71.5 Å². The normalized spacial score (nSPS) is 11.5. The summed E-state index contributed by atoms with van der Waals surface area (Å²) in [6, 6.07) is 27.8. The smallest absolute Gasteiger partial charge is 0.234 e. The molecule has 0 aliphatic heterocycles. The van der Waals surface area contributed by atoms with Crippen LogP contribution in [0.5, 0.6) is 0 Å². The average molecular weight is 514 g/mol. The van der Waals surface area contributed by atoms with Crippen LogP contribution in [0.25, 0.3) is 39.0 Å². The van der Waals surface area contributed by atoms with Crippen LogP contribution in [0.3, 0.4) is 0 Å². The maximum atomic E-state index is 13.2. The van der Waals surface area contributed by atoms with E-state index in [0.717, 1.165) is 28.1 Å². The van der Waals surface area contributed by atoms with Crippen LogP contribution < -0.4 is 5.32 Å². The molecule has 1 amide bonds. The predicted octanol–water partition coefficient (Wildman–Crippen LogP) is 5.31. The van der Waals surface area contributed by atoms with Crippen LogP contribution in [0.15, 0.2) is 102 Å². The van der Waals surface area contributed by atoms with Crippen molar-refractivity contribution < 1.29 is 9.21 Å². The average Bonchev–Trinajstić information content (AvgIpc) is 3.72. The van der Waals surface area contributed by atoms with E-state index in [-0.39, 0.29) is 18.3 Å². The zero-order valence-electron chi connectivity index (χ0n) is 20.9. The van der Waals surface area contributed by atoms with Gasteiger partial charge in [0, 0.05) is 12.7 Å². The van der Waals surface area contributed by atoms with Crippen LogP contribution in [0.1, 0.15) is 11.1 Å². The summed E-state index contributed by atoms with van der Waals surface area (Å²) < 4.78 is 8.93. The molecule has 0 radical (unpaired) electrons. The first-order valence-electron chi connectivity index (χ1n) is 12.7. The molecule has 7 rings (SSSR count). The van der Waals surface area contributed by atoms with Gasteiger partial charge in [-0.3, -0.25) is 14.8 Å². The predicted molar refractivity (Wildman–Crippen MR) is 148 cm³/mol. The number of hydrogen-bond acceptors (Lipinski definition) is 6. The Morgan fingerprint density at radius 1 is 0.846 bits per heavy atom. The second kappa shape index (κ2) is 9.53. The minimum atomic E-state index is -0.210. The molecule has 9 nitrogen and oxygen atoms in total. The number of carbonyl (C=O) groups excluding carboxylic acids is 1. The standard InChI is InChI=1S/C30H23N7O2/c38-26(18-22-12-6-11-21-10-4-5-13-23(21)22)31-30-33-27-24(19-36(34-27)16-15-20-8-2-1-3-9-20)29-32-28(35-37(29)30)25-14-7-17-39-25/h1-14,17,19H,15-16,18H2,(H,31,33,34,38). The summed E-state index contributed by atoms with van der Waals surface area (Å²) in [7, 11) is 0. The van der Waals surface area contributed by atoms with Crippen molar-refractivity contribution in [2.45, 2.75) is 19.4 Å². The molecular weight excluding hydrogens is 490 g/mol. The van der Waals surface area contributed by atoms with Crippen molar-refractivity contribution in [1.82, 2.24) is 29.4 Å². The molecule has 9 heteroatoms. The lowest BCUT2D eigenvalue weighted by Gasteiger charge is -2.08. The van der Waals surface area contributed by atoms with E-state index in [2.05, 4.69) is 27.5 Å². The molecule has 7 aromatic rings. The molecular formula is C30H23N7O2. The highest BCUT2D eigenvalue weighted by atomic mass is 16.3. The van der Waals surface area contributed by atoms with Crippen molar-refractivity contribution in [3.63, 3.8) is 0 Å². The zero-order chi connectivity index (χ0) is 26.2. The van der Waals surface area contributed by atoms with E-state index in [4.69, 9.17) is 14.5 Å². The first-order valence-corrected chi connectivity index (χ1v) is 12.7. The van der Waals surface area contributed by atoms with Gasteiger partial charge in [0.25, 0.3) is 0 Å². The first-order chi connectivity index (χ1) is 19.2. The zero-order valence-corrected chi connectivity index (χ0v) is 20.9. The quantitative estimate of drug-likeness (QED) is 0.310. The third kappa shape index (κ3) is 4.40. The molecule has 190 valence electrons. The fourth-order valence-corrected chi connectivity index (χ4v) is 4.82. The number of nitrogens with one attached hydrogen (secondary N) is 1.